The smallest absolute Gasteiger partial charge is 0.135 e. The SMILES string of the molecule is CC(C)c1cc(-c2ccccc2)cc(C(C)C)c1-c1cc(-c2cccc(C#N)c2)nc(N2C=CN(C)C2)c1. The molecule has 0 bridgehead atoms. The van der Waals surface area contributed by atoms with Crippen LogP contribution in [0.5, 0.6) is 0 Å². The number of hydrogen-bond acceptors (Lipinski definition) is 4. The Morgan fingerprint density at radius 2 is 1.42 bits per heavy atom. The molecule has 1 aliphatic heterocycles. The van der Waals surface area contributed by atoms with Crippen molar-refractivity contribution in [1.82, 2.24) is 9.88 Å². The molecular formula is C34H34N4. The van der Waals surface area contributed by atoms with E-state index in [0.29, 0.717) is 17.4 Å². The summed E-state index contributed by atoms with van der Waals surface area (Å²) >= 11 is 0. The highest BCUT2D eigenvalue weighted by molar-refractivity contribution is 5.82. The van der Waals surface area contributed by atoms with Crippen molar-refractivity contribution in [2.75, 3.05) is 18.6 Å². The molecule has 4 nitrogen and oxygen atoms in total. The molecule has 38 heavy (non-hydrogen) atoms. The van der Waals surface area contributed by atoms with Gasteiger partial charge in [-0.2, -0.15) is 5.26 Å². The summed E-state index contributed by atoms with van der Waals surface area (Å²) in [4.78, 5) is 9.38. The zero-order valence-electron chi connectivity index (χ0n) is 22.8. The van der Waals surface area contributed by atoms with E-state index in [1.165, 1.54) is 27.8 Å². The van der Waals surface area contributed by atoms with Gasteiger partial charge in [0.1, 0.15) is 5.82 Å². The molecule has 0 saturated carbocycles. The molecule has 1 aromatic heterocycles. The first-order valence-electron chi connectivity index (χ1n) is 13.3. The summed E-state index contributed by atoms with van der Waals surface area (Å²) in [5.41, 5.74) is 10.0. The Morgan fingerprint density at radius 1 is 0.737 bits per heavy atom. The lowest BCUT2D eigenvalue weighted by Gasteiger charge is -2.24. The summed E-state index contributed by atoms with van der Waals surface area (Å²) in [6.07, 6.45) is 4.14. The average molecular weight is 499 g/mol. The van der Waals surface area contributed by atoms with E-state index in [1.54, 1.807) is 0 Å². The quantitative estimate of drug-likeness (QED) is 0.268. The molecule has 0 amide bonds. The number of hydrogen-bond donors (Lipinski definition) is 0. The van der Waals surface area contributed by atoms with Gasteiger partial charge in [-0.25, -0.2) is 4.98 Å². The zero-order valence-corrected chi connectivity index (χ0v) is 22.8. The Kier molecular flexibility index (Phi) is 7.03. The Bertz CT molecular complexity index is 1500. The minimum atomic E-state index is 0.339. The number of benzene rings is 3. The van der Waals surface area contributed by atoms with Crippen molar-refractivity contribution in [2.24, 2.45) is 0 Å². The van der Waals surface area contributed by atoms with Gasteiger partial charge in [0.2, 0.25) is 0 Å². The Hall–Kier alpha value is -4.36. The molecule has 0 N–H and O–H groups in total. The molecule has 0 fully saturated rings. The van der Waals surface area contributed by atoms with Crippen LogP contribution in [-0.2, 0) is 0 Å². The monoisotopic (exact) mass is 498 g/mol. The van der Waals surface area contributed by atoms with E-state index >= 15 is 0 Å². The van der Waals surface area contributed by atoms with Gasteiger partial charge in [-0.1, -0.05) is 82.3 Å². The number of anilines is 1. The lowest BCUT2D eigenvalue weighted by molar-refractivity contribution is 0.494. The summed E-state index contributed by atoms with van der Waals surface area (Å²) in [5.74, 6) is 1.58. The van der Waals surface area contributed by atoms with Crippen LogP contribution in [0.3, 0.4) is 0 Å². The second kappa shape index (κ2) is 10.6. The summed E-state index contributed by atoms with van der Waals surface area (Å²) in [7, 11) is 2.06. The van der Waals surface area contributed by atoms with Gasteiger partial charge in [-0.3, -0.25) is 0 Å². The molecule has 0 spiro atoms. The van der Waals surface area contributed by atoms with Crippen LogP contribution in [0.25, 0.3) is 33.5 Å². The molecule has 1 aliphatic rings. The van der Waals surface area contributed by atoms with Crippen LogP contribution in [0.1, 0.15) is 56.2 Å². The van der Waals surface area contributed by atoms with Crippen LogP contribution < -0.4 is 4.90 Å². The lowest BCUT2D eigenvalue weighted by Crippen LogP contribution is -2.22. The molecule has 5 rings (SSSR count). The van der Waals surface area contributed by atoms with Crippen molar-refractivity contribution in [3.8, 4) is 39.6 Å². The second-order valence-electron chi connectivity index (χ2n) is 10.7. The van der Waals surface area contributed by atoms with Crippen molar-refractivity contribution in [2.45, 2.75) is 39.5 Å². The number of pyridine rings is 1. The van der Waals surface area contributed by atoms with Gasteiger partial charge in [0.25, 0.3) is 0 Å². The average Bonchev–Trinajstić information content (AvgIpc) is 3.38. The fraction of sp³-hybridized carbons (Fsp3) is 0.235. The van der Waals surface area contributed by atoms with Crippen molar-refractivity contribution in [1.29, 1.82) is 5.26 Å². The predicted molar refractivity (Wildman–Crippen MR) is 158 cm³/mol. The van der Waals surface area contributed by atoms with Gasteiger partial charge in [-0.15, -0.1) is 0 Å². The van der Waals surface area contributed by atoms with Crippen LogP contribution in [-0.4, -0.2) is 23.6 Å². The Balaban J connectivity index is 1.77. The molecule has 4 aromatic rings. The van der Waals surface area contributed by atoms with Crippen LogP contribution in [0.2, 0.25) is 0 Å². The van der Waals surface area contributed by atoms with E-state index in [2.05, 4.69) is 118 Å². The van der Waals surface area contributed by atoms with Crippen LogP contribution in [0, 0.1) is 11.3 Å². The highest BCUT2D eigenvalue weighted by atomic mass is 15.3. The van der Waals surface area contributed by atoms with E-state index < -0.39 is 0 Å². The van der Waals surface area contributed by atoms with E-state index in [0.717, 1.165) is 29.3 Å². The van der Waals surface area contributed by atoms with Gasteiger partial charge in [0.05, 0.1) is 24.0 Å². The maximum absolute atomic E-state index is 9.52. The predicted octanol–water partition coefficient (Wildman–Crippen LogP) is 8.38. The van der Waals surface area contributed by atoms with Crippen LogP contribution in [0.4, 0.5) is 5.82 Å². The minimum absolute atomic E-state index is 0.339. The number of aromatic nitrogens is 1. The molecule has 0 atom stereocenters. The topological polar surface area (TPSA) is 43.2 Å². The fourth-order valence-electron chi connectivity index (χ4n) is 5.11. The first-order chi connectivity index (χ1) is 18.3. The van der Waals surface area contributed by atoms with Crippen molar-refractivity contribution >= 4 is 5.82 Å². The molecule has 3 aromatic carbocycles. The van der Waals surface area contributed by atoms with Crippen molar-refractivity contribution < 1.29 is 0 Å². The lowest BCUT2D eigenvalue weighted by atomic mass is 9.82. The van der Waals surface area contributed by atoms with E-state index in [-0.39, 0.29) is 0 Å². The maximum Gasteiger partial charge on any atom is 0.135 e. The molecular weight excluding hydrogens is 464 g/mol. The first-order valence-corrected chi connectivity index (χ1v) is 13.3. The number of nitriles is 1. The highest BCUT2D eigenvalue weighted by Crippen LogP contribution is 2.41. The van der Waals surface area contributed by atoms with Gasteiger partial charge < -0.3 is 9.80 Å². The second-order valence-corrected chi connectivity index (χ2v) is 10.7. The van der Waals surface area contributed by atoms with E-state index in [4.69, 9.17) is 4.98 Å². The van der Waals surface area contributed by atoms with E-state index in [1.807, 2.05) is 24.3 Å². The molecule has 0 saturated heterocycles. The molecule has 0 unspecified atom stereocenters. The summed E-state index contributed by atoms with van der Waals surface area (Å²) in [6.45, 7) is 9.84. The third-order valence-corrected chi connectivity index (χ3v) is 7.11. The standard InChI is InChI=1S/C34H34N4/c1-23(2)30-17-28(26-11-7-6-8-12-26)18-31(24(3)4)34(30)29-19-32(27-13-9-10-25(16-27)21-35)36-33(20-29)38-15-14-37(5)22-38/h6-20,23-24H,22H2,1-5H3. The third-order valence-electron chi connectivity index (χ3n) is 7.11. The molecule has 0 radical (unpaired) electrons. The first kappa shape index (κ1) is 25.3. The molecule has 0 aliphatic carbocycles. The fourth-order valence-corrected chi connectivity index (χ4v) is 5.11. The summed E-state index contributed by atoms with van der Waals surface area (Å²) in [5, 5.41) is 9.52. The molecule has 2 heterocycles. The largest absolute Gasteiger partial charge is 0.361 e. The summed E-state index contributed by atoms with van der Waals surface area (Å²) in [6, 6.07) is 29.8. The number of rotatable bonds is 6. The van der Waals surface area contributed by atoms with Gasteiger partial charge in [-0.05, 0) is 69.5 Å². The highest BCUT2D eigenvalue weighted by Gasteiger charge is 2.21. The van der Waals surface area contributed by atoms with Gasteiger partial charge in [0, 0.05) is 25.0 Å². The van der Waals surface area contributed by atoms with E-state index in [9.17, 15) is 5.26 Å². The van der Waals surface area contributed by atoms with Crippen LogP contribution >= 0.6 is 0 Å². The van der Waals surface area contributed by atoms with Crippen molar-refractivity contribution in [3.63, 3.8) is 0 Å². The third kappa shape index (κ3) is 5.06. The normalized spacial score (nSPS) is 13.0. The summed E-state index contributed by atoms with van der Waals surface area (Å²) < 4.78 is 0. The zero-order chi connectivity index (χ0) is 26.8. The minimum Gasteiger partial charge on any atom is -0.361 e. The number of nitrogens with zero attached hydrogens (tertiary/aromatic N) is 4. The van der Waals surface area contributed by atoms with Gasteiger partial charge in [0.15, 0.2) is 0 Å². The molecule has 4 heteroatoms. The Morgan fingerprint density at radius 3 is 2.03 bits per heavy atom. The van der Waals surface area contributed by atoms with Crippen LogP contribution in [0.15, 0.2) is 91.3 Å². The molecule has 190 valence electrons. The maximum atomic E-state index is 9.52. The van der Waals surface area contributed by atoms with Gasteiger partial charge >= 0.3 is 0 Å². The Labute approximate surface area is 226 Å². The van der Waals surface area contributed by atoms with Crippen molar-refractivity contribution in [3.05, 3.63) is 108 Å².